The van der Waals surface area contributed by atoms with Crippen molar-refractivity contribution in [1.29, 1.82) is 0 Å². The lowest BCUT2D eigenvalue weighted by Gasteiger charge is -2.41. The predicted octanol–water partition coefficient (Wildman–Crippen LogP) is 1.76. The molecule has 0 heterocycles. The summed E-state index contributed by atoms with van der Waals surface area (Å²) in [5.41, 5.74) is 7.26. The van der Waals surface area contributed by atoms with Crippen LogP contribution in [0, 0.1) is 0 Å². The van der Waals surface area contributed by atoms with Crippen molar-refractivity contribution in [2.75, 3.05) is 20.3 Å². The second-order valence-electron chi connectivity index (χ2n) is 4.88. The van der Waals surface area contributed by atoms with Crippen molar-refractivity contribution < 1.29 is 14.2 Å². The number of hydrogen-bond acceptors (Lipinski definition) is 4. The van der Waals surface area contributed by atoms with Crippen LogP contribution in [0.15, 0.2) is 24.3 Å². The quantitative estimate of drug-likeness (QED) is 0.763. The van der Waals surface area contributed by atoms with Gasteiger partial charge in [0.05, 0.1) is 13.2 Å². The molecule has 106 valence electrons. The first-order chi connectivity index (χ1) is 9.24. The highest BCUT2D eigenvalue weighted by molar-refractivity contribution is 5.27. The first kappa shape index (κ1) is 14.3. The topological polar surface area (TPSA) is 53.7 Å². The first-order valence-electron chi connectivity index (χ1n) is 6.86. The third kappa shape index (κ3) is 3.69. The molecule has 0 bridgehead atoms. The number of ether oxygens (including phenoxy) is 3. The molecule has 3 atom stereocenters. The maximum Gasteiger partial charge on any atom is 0.128 e. The van der Waals surface area contributed by atoms with E-state index in [1.165, 1.54) is 5.56 Å². The van der Waals surface area contributed by atoms with Crippen LogP contribution in [0.4, 0.5) is 0 Å². The van der Waals surface area contributed by atoms with E-state index in [9.17, 15) is 0 Å². The van der Waals surface area contributed by atoms with Crippen molar-refractivity contribution >= 4 is 0 Å². The Morgan fingerprint density at radius 3 is 2.53 bits per heavy atom. The zero-order chi connectivity index (χ0) is 13.7. The molecule has 1 aliphatic rings. The van der Waals surface area contributed by atoms with Crippen LogP contribution >= 0.6 is 0 Å². The Labute approximate surface area is 114 Å². The van der Waals surface area contributed by atoms with Crippen molar-refractivity contribution in [3.63, 3.8) is 0 Å². The molecule has 4 nitrogen and oxygen atoms in total. The van der Waals surface area contributed by atoms with Crippen LogP contribution in [0.3, 0.4) is 0 Å². The average molecular weight is 265 g/mol. The highest BCUT2D eigenvalue weighted by atomic mass is 16.6. The molecule has 0 spiro atoms. The molecule has 4 heteroatoms. The SMILES string of the molecule is CCc1ccc(OC2CC(N)C2OCCOC)cc1. The second kappa shape index (κ2) is 6.89. The summed E-state index contributed by atoms with van der Waals surface area (Å²) in [5.74, 6) is 0.884. The predicted molar refractivity (Wildman–Crippen MR) is 74.4 cm³/mol. The smallest absolute Gasteiger partial charge is 0.128 e. The van der Waals surface area contributed by atoms with Crippen molar-refractivity contribution in [3.05, 3.63) is 29.8 Å². The Morgan fingerprint density at radius 2 is 1.95 bits per heavy atom. The van der Waals surface area contributed by atoms with Crippen LogP contribution in [0.1, 0.15) is 18.9 Å². The monoisotopic (exact) mass is 265 g/mol. The van der Waals surface area contributed by atoms with Crippen LogP contribution in [-0.4, -0.2) is 38.6 Å². The van der Waals surface area contributed by atoms with Crippen molar-refractivity contribution in [2.24, 2.45) is 5.73 Å². The van der Waals surface area contributed by atoms with Gasteiger partial charge in [-0.25, -0.2) is 0 Å². The molecule has 3 unspecified atom stereocenters. The summed E-state index contributed by atoms with van der Waals surface area (Å²) in [4.78, 5) is 0. The molecule has 2 rings (SSSR count). The lowest BCUT2D eigenvalue weighted by Crippen LogP contribution is -2.59. The van der Waals surface area contributed by atoms with Gasteiger partial charge in [-0.3, -0.25) is 0 Å². The molecule has 0 amide bonds. The highest BCUT2D eigenvalue weighted by Gasteiger charge is 2.41. The average Bonchev–Trinajstić information content (AvgIpc) is 2.44. The molecule has 1 aromatic rings. The van der Waals surface area contributed by atoms with E-state index in [0.717, 1.165) is 18.6 Å². The van der Waals surface area contributed by atoms with Gasteiger partial charge < -0.3 is 19.9 Å². The summed E-state index contributed by atoms with van der Waals surface area (Å²) >= 11 is 0. The number of benzene rings is 1. The fourth-order valence-electron chi connectivity index (χ4n) is 2.21. The summed E-state index contributed by atoms with van der Waals surface area (Å²) in [5, 5.41) is 0. The van der Waals surface area contributed by atoms with E-state index in [4.69, 9.17) is 19.9 Å². The molecule has 2 N–H and O–H groups in total. The summed E-state index contributed by atoms with van der Waals surface area (Å²) in [7, 11) is 1.66. The second-order valence-corrected chi connectivity index (χ2v) is 4.88. The maximum atomic E-state index is 5.95. The molecule has 1 aliphatic carbocycles. The molecule has 0 aromatic heterocycles. The maximum absolute atomic E-state index is 5.95. The lowest BCUT2D eigenvalue weighted by molar-refractivity contribution is -0.107. The van der Waals surface area contributed by atoms with Crippen LogP contribution < -0.4 is 10.5 Å². The highest BCUT2D eigenvalue weighted by Crippen LogP contribution is 2.28. The first-order valence-corrected chi connectivity index (χ1v) is 6.86. The van der Waals surface area contributed by atoms with E-state index in [0.29, 0.717) is 13.2 Å². The van der Waals surface area contributed by atoms with Crippen molar-refractivity contribution in [2.45, 2.75) is 38.0 Å². The standard InChI is InChI=1S/C15H23NO3/c1-3-11-4-6-12(7-5-11)19-14-10-13(16)15(14)18-9-8-17-2/h4-7,13-15H,3,8-10,16H2,1-2H3. The Balaban J connectivity index is 1.84. The van der Waals surface area contributed by atoms with Gasteiger partial charge >= 0.3 is 0 Å². The molecule has 0 saturated heterocycles. The van der Waals surface area contributed by atoms with Gasteiger partial charge in [-0.05, 0) is 24.1 Å². The summed E-state index contributed by atoms with van der Waals surface area (Å²) in [6.07, 6.45) is 1.91. The molecule has 19 heavy (non-hydrogen) atoms. The van der Waals surface area contributed by atoms with Crippen LogP contribution in [0.2, 0.25) is 0 Å². The normalized spacial score (nSPS) is 25.9. The van der Waals surface area contributed by atoms with Gasteiger partial charge in [0, 0.05) is 19.6 Å². The number of nitrogens with two attached hydrogens (primary N) is 1. The fraction of sp³-hybridized carbons (Fsp3) is 0.600. The molecule has 1 saturated carbocycles. The van der Waals surface area contributed by atoms with Crippen LogP contribution in [0.25, 0.3) is 0 Å². The van der Waals surface area contributed by atoms with Gasteiger partial charge in [-0.2, -0.15) is 0 Å². The molecule has 1 fully saturated rings. The van der Waals surface area contributed by atoms with E-state index in [-0.39, 0.29) is 18.2 Å². The Morgan fingerprint density at radius 1 is 1.21 bits per heavy atom. The minimum Gasteiger partial charge on any atom is -0.488 e. The number of hydrogen-bond donors (Lipinski definition) is 1. The molecule has 0 radical (unpaired) electrons. The fourth-order valence-corrected chi connectivity index (χ4v) is 2.21. The molecule has 1 aromatic carbocycles. The van der Waals surface area contributed by atoms with Gasteiger partial charge in [-0.15, -0.1) is 0 Å². The molecular formula is C15H23NO3. The summed E-state index contributed by atoms with van der Waals surface area (Å²) in [6.45, 7) is 3.28. The van der Waals surface area contributed by atoms with Gasteiger partial charge in [0.15, 0.2) is 0 Å². The van der Waals surface area contributed by atoms with E-state index < -0.39 is 0 Å². The summed E-state index contributed by atoms with van der Waals surface area (Å²) < 4.78 is 16.6. The number of aryl methyl sites for hydroxylation is 1. The van der Waals surface area contributed by atoms with Gasteiger partial charge in [0.2, 0.25) is 0 Å². The molecule has 0 aliphatic heterocycles. The zero-order valence-electron chi connectivity index (χ0n) is 11.7. The van der Waals surface area contributed by atoms with E-state index in [1.807, 2.05) is 12.1 Å². The Hall–Kier alpha value is -1.10. The van der Waals surface area contributed by atoms with Crippen molar-refractivity contribution in [1.82, 2.24) is 0 Å². The summed E-state index contributed by atoms with van der Waals surface area (Å²) in [6, 6.07) is 8.27. The van der Waals surface area contributed by atoms with E-state index >= 15 is 0 Å². The minimum absolute atomic E-state index is 0.0269. The van der Waals surface area contributed by atoms with E-state index in [1.54, 1.807) is 7.11 Å². The lowest BCUT2D eigenvalue weighted by atomic mass is 9.86. The number of rotatable bonds is 7. The van der Waals surface area contributed by atoms with Crippen LogP contribution in [-0.2, 0) is 15.9 Å². The molecular weight excluding hydrogens is 242 g/mol. The van der Waals surface area contributed by atoms with E-state index in [2.05, 4.69) is 19.1 Å². The van der Waals surface area contributed by atoms with Gasteiger partial charge in [0.25, 0.3) is 0 Å². The minimum atomic E-state index is -0.0269. The largest absolute Gasteiger partial charge is 0.488 e. The van der Waals surface area contributed by atoms with Gasteiger partial charge in [0.1, 0.15) is 18.0 Å². The van der Waals surface area contributed by atoms with Crippen LogP contribution in [0.5, 0.6) is 5.75 Å². The third-order valence-electron chi connectivity index (χ3n) is 3.51. The third-order valence-corrected chi connectivity index (χ3v) is 3.51. The number of methoxy groups -OCH3 is 1. The Bertz CT molecular complexity index is 379. The van der Waals surface area contributed by atoms with Gasteiger partial charge in [-0.1, -0.05) is 19.1 Å². The Kier molecular flexibility index (Phi) is 5.19. The zero-order valence-corrected chi connectivity index (χ0v) is 11.7. The van der Waals surface area contributed by atoms with Crippen molar-refractivity contribution in [3.8, 4) is 5.75 Å².